The number of halogens is 1. The molecule has 0 bridgehead atoms. The fraction of sp³-hybridized carbons (Fsp3) is 0.333. The van der Waals surface area contributed by atoms with E-state index in [4.69, 9.17) is 10.7 Å². The van der Waals surface area contributed by atoms with Gasteiger partial charge in [-0.15, -0.1) is 0 Å². The Morgan fingerprint density at radius 3 is 2.75 bits per heavy atom. The number of imidazole rings is 1. The number of hydrogen-bond acceptors (Lipinski definition) is 4. The van der Waals surface area contributed by atoms with Gasteiger partial charge in [-0.3, -0.25) is 0 Å². The Kier molecular flexibility index (Phi) is 1.99. The summed E-state index contributed by atoms with van der Waals surface area (Å²) in [7, 11) is 1.57. The molecule has 0 aliphatic heterocycles. The van der Waals surface area contributed by atoms with Gasteiger partial charge >= 0.3 is 0 Å². The molecule has 1 saturated carbocycles. The first-order valence-corrected chi connectivity index (χ1v) is 7.14. The maximum absolute atomic E-state index is 11.3. The zero-order valence-electron chi connectivity index (χ0n) is 8.17. The maximum Gasteiger partial charge on any atom is 0.263 e. The predicted molar refractivity (Wildman–Crippen MR) is 58.8 cm³/mol. The van der Waals surface area contributed by atoms with Crippen molar-refractivity contribution in [2.24, 2.45) is 0 Å². The average molecular weight is 258 g/mol. The van der Waals surface area contributed by atoms with Crippen LogP contribution in [0.5, 0.6) is 0 Å². The molecule has 1 aliphatic carbocycles. The molecule has 2 aromatic heterocycles. The van der Waals surface area contributed by atoms with Gasteiger partial charge in [-0.05, 0) is 18.9 Å². The fourth-order valence-electron chi connectivity index (χ4n) is 1.73. The van der Waals surface area contributed by atoms with Crippen molar-refractivity contribution in [2.45, 2.75) is 23.8 Å². The van der Waals surface area contributed by atoms with Crippen LogP contribution < -0.4 is 0 Å². The summed E-state index contributed by atoms with van der Waals surface area (Å²) in [5.41, 5.74) is 0.939. The smallest absolute Gasteiger partial charge is 0.263 e. The molecule has 0 spiro atoms. The summed E-state index contributed by atoms with van der Waals surface area (Å²) in [6.07, 6.45) is 5.25. The number of nitrogens with zero attached hydrogens (tertiary/aromatic N) is 3. The monoisotopic (exact) mass is 257 g/mol. The largest absolute Gasteiger partial charge is 0.312 e. The van der Waals surface area contributed by atoms with Crippen LogP contribution in [-0.4, -0.2) is 23.0 Å². The van der Waals surface area contributed by atoms with Crippen LogP contribution in [0.3, 0.4) is 0 Å². The van der Waals surface area contributed by atoms with Crippen molar-refractivity contribution in [1.29, 1.82) is 0 Å². The zero-order chi connectivity index (χ0) is 11.3. The molecule has 3 rings (SSSR count). The minimum absolute atomic E-state index is 0.0265. The minimum Gasteiger partial charge on any atom is -0.312 e. The first-order chi connectivity index (χ1) is 7.57. The van der Waals surface area contributed by atoms with Gasteiger partial charge in [0.2, 0.25) is 0 Å². The van der Waals surface area contributed by atoms with Gasteiger partial charge in [0.15, 0.2) is 5.65 Å². The molecule has 1 aliphatic rings. The third-order valence-corrected chi connectivity index (χ3v) is 3.98. The standard InChI is InChI=1S/C9H8ClN3O2S/c10-16(14,15)7-3-4-11-9-8(7)12-5-13(9)6-1-2-6/h3-6H,1-2H2. The predicted octanol–water partition coefficient (Wildman–Crippen LogP) is 1.69. The molecule has 16 heavy (non-hydrogen) atoms. The minimum atomic E-state index is -3.76. The molecular formula is C9H8ClN3O2S. The lowest BCUT2D eigenvalue weighted by Gasteiger charge is -2.00. The summed E-state index contributed by atoms with van der Waals surface area (Å²) >= 11 is 0. The Morgan fingerprint density at radius 2 is 2.12 bits per heavy atom. The molecule has 0 amide bonds. The molecule has 0 N–H and O–H groups in total. The van der Waals surface area contributed by atoms with Gasteiger partial charge in [0.1, 0.15) is 10.4 Å². The second kappa shape index (κ2) is 3.18. The van der Waals surface area contributed by atoms with Crippen molar-refractivity contribution in [3.05, 3.63) is 18.6 Å². The summed E-state index contributed by atoms with van der Waals surface area (Å²) in [6, 6.07) is 1.78. The van der Waals surface area contributed by atoms with E-state index in [1.807, 2.05) is 4.57 Å². The van der Waals surface area contributed by atoms with Crippen LogP contribution in [0.4, 0.5) is 0 Å². The van der Waals surface area contributed by atoms with Crippen LogP contribution in [0.1, 0.15) is 18.9 Å². The Balaban J connectivity index is 2.32. The molecule has 7 heteroatoms. The van der Waals surface area contributed by atoms with Crippen LogP contribution in [-0.2, 0) is 9.05 Å². The van der Waals surface area contributed by atoms with Crippen molar-refractivity contribution < 1.29 is 8.42 Å². The molecule has 1 fully saturated rings. The van der Waals surface area contributed by atoms with Gasteiger partial charge in [-0.2, -0.15) is 0 Å². The quantitative estimate of drug-likeness (QED) is 0.768. The van der Waals surface area contributed by atoms with Gasteiger partial charge < -0.3 is 4.57 Å². The highest BCUT2D eigenvalue weighted by Crippen LogP contribution is 2.37. The molecule has 0 radical (unpaired) electrons. The molecular weight excluding hydrogens is 250 g/mol. The lowest BCUT2D eigenvalue weighted by molar-refractivity contribution is 0.610. The molecule has 0 atom stereocenters. The Morgan fingerprint density at radius 1 is 1.38 bits per heavy atom. The van der Waals surface area contributed by atoms with E-state index in [1.54, 1.807) is 6.33 Å². The molecule has 0 unspecified atom stereocenters. The van der Waals surface area contributed by atoms with Crippen LogP contribution in [0.15, 0.2) is 23.5 Å². The van der Waals surface area contributed by atoms with E-state index in [2.05, 4.69) is 9.97 Å². The van der Waals surface area contributed by atoms with E-state index in [0.29, 0.717) is 17.2 Å². The van der Waals surface area contributed by atoms with Crippen molar-refractivity contribution in [3.63, 3.8) is 0 Å². The SMILES string of the molecule is O=S(=O)(Cl)c1ccnc2c1ncn2C1CC1. The van der Waals surface area contributed by atoms with E-state index in [9.17, 15) is 8.42 Å². The summed E-state index contributed by atoms with van der Waals surface area (Å²) in [5.74, 6) is 0. The Labute approximate surface area is 96.5 Å². The maximum atomic E-state index is 11.3. The van der Waals surface area contributed by atoms with E-state index in [0.717, 1.165) is 12.8 Å². The number of pyridine rings is 1. The molecule has 2 heterocycles. The van der Waals surface area contributed by atoms with Gasteiger partial charge in [-0.1, -0.05) is 0 Å². The van der Waals surface area contributed by atoms with Gasteiger partial charge in [0.25, 0.3) is 9.05 Å². The zero-order valence-corrected chi connectivity index (χ0v) is 9.74. The third-order valence-electron chi connectivity index (χ3n) is 2.63. The second-order valence-electron chi connectivity index (χ2n) is 3.80. The Bertz CT molecular complexity index is 660. The number of hydrogen-bond donors (Lipinski definition) is 0. The first kappa shape index (κ1) is 10.0. The molecule has 2 aromatic rings. The summed E-state index contributed by atoms with van der Waals surface area (Å²) in [5, 5.41) is 0. The van der Waals surface area contributed by atoms with Gasteiger partial charge in [0, 0.05) is 22.9 Å². The normalized spacial score (nSPS) is 16.8. The molecule has 0 saturated heterocycles. The first-order valence-electron chi connectivity index (χ1n) is 4.83. The lowest BCUT2D eigenvalue weighted by Crippen LogP contribution is -1.96. The second-order valence-corrected chi connectivity index (χ2v) is 6.34. The van der Waals surface area contributed by atoms with Crippen molar-refractivity contribution in [2.75, 3.05) is 0 Å². The van der Waals surface area contributed by atoms with Crippen molar-refractivity contribution in [3.8, 4) is 0 Å². The highest BCUT2D eigenvalue weighted by atomic mass is 35.7. The van der Waals surface area contributed by atoms with Crippen LogP contribution >= 0.6 is 10.7 Å². The highest BCUT2D eigenvalue weighted by Gasteiger charge is 2.27. The summed E-state index contributed by atoms with van der Waals surface area (Å²) in [4.78, 5) is 8.26. The summed E-state index contributed by atoms with van der Waals surface area (Å²) < 4.78 is 24.6. The van der Waals surface area contributed by atoms with Gasteiger partial charge in [-0.25, -0.2) is 18.4 Å². The van der Waals surface area contributed by atoms with Crippen molar-refractivity contribution in [1.82, 2.24) is 14.5 Å². The fourth-order valence-corrected chi connectivity index (χ4v) is 2.70. The van der Waals surface area contributed by atoms with E-state index >= 15 is 0 Å². The van der Waals surface area contributed by atoms with Crippen LogP contribution in [0.2, 0.25) is 0 Å². The van der Waals surface area contributed by atoms with E-state index in [1.165, 1.54) is 12.3 Å². The molecule has 0 aromatic carbocycles. The van der Waals surface area contributed by atoms with E-state index in [-0.39, 0.29) is 4.90 Å². The Hall–Kier alpha value is -1.14. The number of fused-ring (bicyclic) bond motifs is 1. The van der Waals surface area contributed by atoms with Crippen LogP contribution in [0.25, 0.3) is 11.2 Å². The third kappa shape index (κ3) is 1.49. The molecule has 84 valence electrons. The van der Waals surface area contributed by atoms with E-state index < -0.39 is 9.05 Å². The average Bonchev–Trinajstić information content (AvgIpc) is 2.96. The van der Waals surface area contributed by atoms with Crippen LogP contribution in [0, 0.1) is 0 Å². The van der Waals surface area contributed by atoms with Crippen molar-refractivity contribution >= 4 is 30.9 Å². The number of aromatic nitrogens is 3. The highest BCUT2D eigenvalue weighted by molar-refractivity contribution is 8.14. The number of rotatable bonds is 2. The van der Waals surface area contributed by atoms with Gasteiger partial charge in [0.05, 0.1) is 6.33 Å². The molecule has 5 nitrogen and oxygen atoms in total. The topological polar surface area (TPSA) is 64.8 Å². The lowest BCUT2D eigenvalue weighted by atomic mass is 10.4. The summed E-state index contributed by atoms with van der Waals surface area (Å²) in [6.45, 7) is 0.